The number of anilines is 2. The molecule has 30 heavy (non-hydrogen) atoms. The van der Waals surface area contributed by atoms with Crippen LogP contribution in [0.5, 0.6) is 5.75 Å². The number of carbonyl (C=O) groups excluding carboxylic acids is 1. The maximum atomic E-state index is 13.1. The van der Waals surface area contributed by atoms with E-state index >= 15 is 0 Å². The third-order valence-corrected chi connectivity index (χ3v) is 4.74. The molecule has 0 radical (unpaired) electrons. The molecule has 3 aromatic carbocycles. The van der Waals surface area contributed by atoms with Crippen LogP contribution in [0, 0.1) is 5.82 Å². The number of amides is 1. The smallest absolute Gasteiger partial charge is 0.261 e. The van der Waals surface area contributed by atoms with Crippen molar-refractivity contribution in [3.63, 3.8) is 0 Å². The molecule has 1 amide bonds. The van der Waals surface area contributed by atoms with Crippen molar-refractivity contribution in [3.8, 4) is 5.75 Å². The summed E-state index contributed by atoms with van der Waals surface area (Å²) in [4.78, 5) is 12.9. The lowest BCUT2D eigenvalue weighted by Crippen LogP contribution is -2.22. The lowest BCUT2D eigenvalue weighted by atomic mass is 10.1. The van der Waals surface area contributed by atoms with Gasteiger partial charge in [0.2, 0.25) is 5.55 Å². The lowest BCUT2D eigenvalue weighted by Gasteiger charge is -2.08. The third-order valence-electron chi connectivity index (χ3n) is 4.21. The first kappa shape index (κ1) is 19.7. The maximum absolute atomic E-state index is 13.1. The average molecular weight is 468 g/mol. The summed E-state index contributed by atoms with van der Waals surface area (Å²) in [5, 5.41) is 17.3. The Balaban J connectivity index is 1.75. The van der Waals surface area contributed by atoms with Gasteiger partial charge in [-0.2, -0.15) is 0 Å². The molecule has 0 atom stereocenters. The van der Waals surface area contributed by atoms with E-state index in [2.05, 4.69) is 31.8 Å². The van der Waals surface area contributed by atoms with Crippen LogP contribution in [0.1, 0.15) is 10.4 Å². The summed E-state index contributed by atoms with van der Waals surface area (Å²) in [7, 11) is 0. The number of rotatable bonds is 4. The standard InChI is InChI=1S/C22H15BrFN3O3/c23-14-2-6-17(7-3-14)26-27-22-19(11-13-1-10-18(28)12-20(13)30-22)21(29)25-16-8-4-15(24)5-9-16/h1-12,26,28H,(H,25,29)/b27-22+. The quantitative estimate of drug-likeness (QED) is 0.359. The highest BCUT2D eigenvalue weighted by Gasteiger charge is 2.14. The van der Waals surface area contributed by atoms with Crippen LogP contribution >= 0.6 is 15.9 Å². The van der Waals surface area contributed by atoms with Crippen molar-refractivity contribution in [2.24, 2.45) is 5.10 Å². The van der Waals surface area contributed by atoms with Crippen LogP contribution in [0.15, 0.2) is 86.8 Å². The van der Waals surface area contributed by atoms with Gasteiger partial charge in [-0.25, -0.2) is 4.39 Å². The SMILES string of the molecule is O=C(Nc1ccc(F)cc1)c1cc2ccc(O)cc2o/c1=N/Nc1ccc(Br)cc1. The van der Waals surface area contributed by atoms with Gasteiger partial charge in [-0.15, -0.1) is 5.10 Å². The van der Waals surface area contributed by atoms with Gasteiger partial charge in [0.25, 0.3) is 5.91 Å². The van der Waals surface area contributed by atoms with Crippen molar-refractivity contribution in [2.45, 2.75) is 0 Å². The zero-order valence-corrected chi connectivity index (χ0v) is 17.0. The molecule has 0 saturated carbocycles. The second kappa shape index (κ2) is 8.38. The normalized spacial score (nSPS) is 11.5. The van der Waals surface area contributed by atoms with Crippen LogP contribution in [0.25, 0.3) is 11.0 Å². The maximum Gasteiger partial charge on any atom is 0.261 e. The molecule has 6 nitrogen and oxygen atoms in total. The van der Waals surface area contributed by atoms with Crippen molar-refractivity contribution in [3.05, 3.63) is 94.2 Å². The molecule has 4 aromatic rings. The molecule has 0 fully saturated rings. The Labute approximate surface area is 178 Å². The fourth-order valence-electron chi connectivity index (χ4n) is 2.72. The van der Waals surface area contributed by atoms with Gasteiger partial charge in [-0.05, 0) is 66.7 Å². The van der Waals surface area contributed by atoms with E-state index in [1.807, 2.05) is 12.1 Å². The number of hydrogen-bond donors (Lipinski definition) is 3. The van der Waals surface area contributed by atoms with Crippen LogP contribution < -0.4 is 16.3 Å². The van der Waals surface area contributed by atoms with Gasteiger partial charge < -0.3 is 14.8 Å². The molecule has 0 aliphatic heterocycles. The van der Waals surface area contributed by atoms with Crippen molar-refractivity contribution >= 4 is 44.2 Å². The van der Waals surface area contributed by atoms with Gasteiger partial charge in [0.05, 0.1) is 5.69 Å². The number of carbonyl (C=O) groups is 1. The molecular formula is C22H15BrFN3O3. The lowest BCUT2D eigenvalue weighted by molar-refractivity contribution is 0.102. The zero-order chi connectivity index (χ0) is 21.1. The molecule has 0 saturated heterocycles. The van der Waals surface area contributed by atoms with E-state index in [-0.39, 0.29) is 16.9 Å². The number of aromatic hydroxyl groups is 1. The van der Waals surface area contributed by atoms with Gasteiger partial charge in [0, 0.05) is 21.6 Å². The van der Waals surface area contributed by atoms with Crippen LogP contribution in [0.2, 0.25) is 0 Å². The number of nitrogens with one attached hydrogen (secondary N) is 2. The van der Waals surface area contributed by atoms with Gasteiger partial charge >= 0.3 is 0 Å². The highest BCUT2D eigenvalue weighted by atomic mass is 79.9. The van der Waals surface area contributed by atoms with E-state index in [0.717, 1.165) is 4.47 Å². The highest BCUT2D eigenvalue weighted by Crippen LogP contribution is 2.20. The Morgan fingerprint density at radius 3 is 2.40 bits per heavy atom. The van der Waals surface area contributed by atoms with E-state index in [9.17, 15) is 14.3 Å². The molecule has 3 N–H and O–H groups in total. The molecule has 4 rings (SSSR count). The van der Waals surface area contributed by atoms with Crippen LogP contribution in [-0.4, -0.2) is 11.0 Å². The van der Waals surface area contributed by atoms with E-state index in [1.165, 1.54) is 36.4 Å². The molecular weight excluding hydrogens is 453 g/mol. The molecule has 1 heterocycles. The van der Waals surface area contributed by atoms with Crippen molar-refractivity contribution in [1.82, 2.24) is 0 Å². The van der Waals surface area contributed by atoms with Gasteiger partial charge in [0.1, 0.15) is 22.7 Å². The van der Waals surface area contributed by atoms with E-state index in [1.54, 1.807) is 24.3 Å². The molecule has 0 bridgehead atoms. The first-order chi connectivity index (χ1) is 14.5. The average Bonchev–Trinajstić information content (AvgIpc) is 2.74. The molecule has 1 aromatic heterocycles. The van der Waals surface area contributed by atoms with Crippen LogP contribution in [-0.2, 0) is 0 Å². The molecule has 0 unspecified atom stereocenters. The third kappa shape index (κ3) is 4.49. The van der Waals surface area contributed by atoms with E-state index in [0.29, 0.717) is 22.3 Å². The Kier molecular flexibility index (Phi) is 5.49. The van der Waals surface area contributed by atoms with Crippen LogP contribution in [0.3, 0.4) is 0 Å². The predicted molar refractivity (Wildman–Crippen MR) is 116 cm³/mol. The second-order valence-corrected chi connectivity index (χ2v) is 7.29. The molecule has 0 aliphatic rings. The minimum absolute atomic E-state index is 0.0237. The minimum Gasteiger partial charge on any atom is -0.508 e. The highest BCUT2D eigenvalue weighted by molar-refractivity contribution is 9.10. The summed E-state index contributed by atoms with van der Waals surface area (Å²) in [5.74, 6) is -0.846. The first-order valence-corrected chi connectivity index (χ1v) is 9.66. The molecule has 150 valence electrons. The Bertz CT molecular complexity index is 1290. The first-order valence-electron chi connectivity index (χ1n) is 8.87. The van der Waals surface area contributed by atoms with Crippen LogP contribution in [0.4, 0.5) is 15.8 Å². The Morgan fingerprint density at radius 1 is 0.967 bits per heavy atom. The molecule has 8 heteroatoms. The summed E-state index contributed by atoms with van der Waals surface area (Å²) in [5.41, 5.74) is 4.53. The number of phenols is 1. The summed E-state index contributed by atoms with van der Waals surface area (Å²) >= 11 is 3.37. The van der Waals surface area contributed by atoms with Gasteiger partial charge in [-0.1, -0.05) is 15.9 Å². The minimum atomic E-state index is -0.475. The predicted octanol–water partition coefficient (Wildman–Crippen LogP) is 5.22. The summed E-state index contributed by atoms with van der Waals surface area (Å²) in [6, 6.07) is 18.9. The van der Waals surface area contributed by atoms with Gasteiger partial charge in [-0.3, -0.25) is 10.2 Å². The number of hydrogen-bond acceptors (Lipinski definition) is 5. The van der Waals surface area contributed by atoms with E-state index in [4.69, 9.17) is 4.42 Å². The fraction of sp³-hybridized carbons (Fsp3) is 0. The molecule has 0 aliphatic carbocycles. The van der Waals surface area contributed by atoms with E-state index < -0.39 is 11.7 Å². The summed E-state index contributed by atoms with van der Waals surface area (Å²) in [6.07, 6.45) is 0. The van der Waals surface area contributed by atoms with Crippen molar-refractivity contribution in [2.75, 3.05) is 10.7 Å². The number of benzene rings is 3. The number of fused-ring (bicyclic) bond motifs is 1. The second-order valence-electron chi connectivity index (χ2n) is 6.38. The van der Waals surface area contributed by atoms with Crippen molar-refractivity contribution in [1.29, 1.82) is 0 Å². The fourth-order valence-corrected chi connectivity index (χ4v) is 2.99. The number of phenolic OH excluding ortho intramolecular Hbond substituents is 1. The van der Waals surface area contributed by atoms with Gasteiger partial charge in [0.15, 0.2) is 0 Å². The topological polar surface area (TPSA) is 86.9 Å². The monoisotopic (exact) mass is 467 g/mol. The largest absolute Gasteiger partial charge is 0.508 e. The Hall–Kier alpha value is -3.65. The Morgan fingerprint density at radius 2 is 1.67 bits per heavy atom. The summed E-state index contributed by atoms with van der Waals surface area (Å²) < 4.78 is 19.8. The number of nitrogens with zero attached hydrogens (tertiary/aromatic N) is 1. The summed E-state index contributed by atoms with van der Waals surface area (Å²) in [6.45, 7) is 0. The number of halogens is 2. The zero-order valence-electron chi connectivity index (χ0n) is 15.4. The molecule has 0 spiro atoms. The van der Waals surface area contributed by atoms with Crippen molar-refractivity contribution < 1.29 is 18.7 Å².